The predicted octanol–water partition coefficient (Wildman–Crippen LogP) is 0.436. The molecule has 0 spiro atoms. The fourth-order valence-corrected chi connectivity index (χ4v) is 3.44. The molecule has 0 unspecified atom stereocenters. The second kappa shape index (κ2) is 10.0. The standard InChI is InChI=1S/C17H32N4O3S/c1-17(2)9-7-13(15(23)19-3)21(17)16(24)12(18)6-4-5-10-20-14(22)8-11-25/h12-13,25H,4-11,18H2,1-3H3,(H,19,23)(H,20,22)/t12-,13-/m0/s1. The number of carbonyl (C=O) groups is 3. The molecular formula is C17H32N4O3S. The molecular weight excluding hydrogens is 340 g/mol. The van der Waals surface area contributed by atoms with E-state index in [9.17, 15) is 14.4 Å². The van der Waals surface area contributed by atoms with Crippen molar-refractivity contribution in [3.05, 3.63) is 0 Å². The Labute approximate surface area is 155 Å². The average molecular weight is 373 g/mol. The van der Waals surface area contributed by atoms with Crippen LogP contribution in [0.2, 0.25) is 0 Å². The monoisotopic (exact) mass is 372 g/mol. The molecule has 144 valence electrons. The van der Waals surface area contributed by atoms with Crippen molar-refractivity contribution in [2.45, 2.75) is 70.0 Å². The minimum Gasteiger partial charge on any atom is -0.357 e. The number of thiol groups is 1. The third-order valence-corrected chi connectivity index (χ3v) is 4.92. The number of hydrogen-bond acceptors (Lipinski definition) is 5. The Hall–Kier alpha value is -1.28. The maximum absolute atomic E-state index is 12.8. The van der Waals surface area contributed by atoms with E-state index in [-0.39, 0.29) is 23.3 Å². The molecule has 0 bridgehead atoms. The zero-order valence-electron chi connectivity index (χ0n) is 15.5. The number of nitrogens with two attached hydrogens (primary N) is 1. The van der Waals surface area contributed by atoms with Crippen molar-refractivity contribution < 1.29 is 14.4 Å². The Balaban J connectivity index is 2.48. The highest BCUT2D eigenvalue weighted by Gasteiger charge is 2.46. The molecule has 0 aromatic heterocycles. The first-order chi connectivity index (χ1) is 11.7. The quantitative estimate of drug-likeness (QED) is 0.348. The lowest BCUT2D eigenvalue weighted by molar-refractivity contribution is -0.144. The van der Waals surface area contributed by atoms with Crippen LogP contribution in [-0.2, 0) is 14.4 Å². The summed E-state index contributed by atoms with van der Waals surface area (Å²) < 4.78 is 0. The number of carbonyl (C=O) groups excluding carboxylic acids is 3. The molecule has 8 heteroatoms. The number of amides is 3. The number of hydrogen-bond donors (Lipinski definition) is 4. The molecule has 7 nitrogen and oxygen atoms in total. The van der Waals surface area contributed by atoms with Gasteiger partial charge in [0.1, 0.15) is 6.04 Å². The van der Waals surface area contributed by atoms with Crippen LogP contribution in [0, 0.1) is 0 Å². The number of nitrogens with one attached hydrogen (secondary N) is 2. The molecule has 1 saturated heterocycles. The summed E-state index contributed by atoms with van der Waals surface area (Å²) in [4.78, 5) is 37.9. The first kappa shape index (κ1) is 21.8. The van der Waals surface area contributed by atoms with Crippen LogP contribution in [0.15, 0.2) is 0 Å². The van der Waals surface area contributed by atoms with Crippen molar-refractivity contribution in [3.8, 4) is 0 Å². The maximum Gasteiger partial charge on any atom is 0.242 e. The summed E-state index contributed by atoms with van der Waals surface area (Å²) in [5.74, 6) is 0.208. The smallest absolute Gasteiger partial charge is 0.242 e. The summed E-state index contributed by atoms with van der Waals surface area (Å²) in [6.45, 7) is 4.51. The van der Waals surface area contributed by atoms with Gasteiger partial charge >= 0.3 is 0 Å². The van der Waals surface area contributed by atoms with E-state index in [4.69, 9.17) is 5.73 Å². The fourth-order valence-electron chi connectivity index (χ4n) is 3.24. The minimum atomic E-state index is -0.627. The molecule has 2 atom stereocenters. The molecule has 1 heterocycles. The Morgan fingerprint density at radius 2 is 2.00 bits per heavy atom. The molecule has 1 fully saturated rings. The number of likely N-dealkylation sites (N-methyl/N-ethyl adjacent to an activating group) is 1. The Kier molecular flexibility index (Phi) is 8.71. The van der Waals surface area contributed by atoms with E-state index in [1.54, 1.807) is 11.9 Å². The molecule has 1 rings (SSSR count). The van der Waals surface area contributed by atoms with Crippen LogP contribution in [0.4, 0.5) is 0 Å². The van der Waals surface area contributed by atoms with Gasteiger partial charge in [-0.1, -0.05) is 0 Å². The minimum absolute atomic E-state index is 0.0115. The van der Waals surface area contributed by atoms with Crippen molar-refractivity contribution in [2.75, 3.05) is 19.3 Å². The van der Waals surface area contributed by atoms with Crippen molar-refractivity contribution in [3.63, 3.8) is 0 Å². The van der Waals surface area contributed by atoms with Crippen LogP contribution >= 0.6 is 12.6 Å². The topological polar surface area (TPSA) is 105 Å². The van der Waals surface area contributed by atoms with Gasteiger partial charge in [0.15, 0.2) is 0 Å². The Bertz CT molecular complexity index is 485. The highest BCUT2D eigenvalue weighted by Crippen LogP contribution is 2.34. The third-order valence-electron chi connectivity index (χ3n) is 4.70. The molecule has 0 aromatic carbocycles. The molecule has 1 aliphatic heterocycles. The van der Waals surface area contributed by atoms with Gasteiger partial charge in [-0.15, -0.1) is 0 Å². The van der Waals surface area contributed by atoms with E-state index in [0.717, 1.165) is 19.3 Å². The van der Waals surface area contributed by atoms with E-state index < -0.39 is 12.1 Å². The number of unbranched alkanes of at least 4 members (excludes halogenated alkanes) is 1. The fraction of sp³-hybridized carbons (Fsp3) is 0.824. The van der Waals surface area contributed by atoms with Gasteiger partial charge in [-0.2, -0.15) is 12.6 Å². The molecule has 3 amide bonds. The predicted molar refractivity (Wildman–Crippen MR) is 101 cm³/mol. The van der Waals surface area contributed by atoms with Crippen LogP contribution < -0.4 is 16.4 Å². The third kappa shape index (κ3) is 6.18. The second-order valence-electron chi connectivity index (χ2n) is 7.12. The molecule has 0 radical (unpaired) electrons. The molecule has 0 aliphatic carbocycles. The number of rotatable bonds is 9. The lowest BCUT2D eigenvalue weighted by Crippen LogP contribution is -2.56. The summed E-state index contributed by atoms with van der Waals surface area (Å²) in [6.07, 6.45) is 3.89. The van der Waals surface area contributed by atoms with Crippen LogP contribution in [0.3, 0.4) is 0 Å². The number of likely N-dealkylation sites (tertiary alicyclic amines) is 1. The number of nitrogens with zero attached hydrogens (tertiary/aromatic N) is 1. The van der Waals surface area contributed by atoms with E-state index in [1.165, 1.54) is 0 Å². The van der Waals surface area contributed by atoms with Crippen LogP contribution in [0.25, 0.3) is 0 Å². The van der Waals surface area contributed by atoms with Gasteiger partial charge in [-0.3, -0.25) is 14.4 Å². The largest absolute Gasteiger partial charge is 0.357 e. The summed E-state index contributed by atoms with van der Waals surface area (Å²) in [6, 6.07) is -1.07. The Morgan fingerprint density at radius 3 is 2.60 bits per heavy atom. The average Bonchev–Trinajstić information content (AvgIpc) is 2.88. The Morgan fingerprint density at radius 1 is 1.32 bits per heavy atom. The molecule has 4 N–H and O–H groups in total. The maximum atomic E-state index is 12.8. The van der Waals surface area contributed by atoms with E-state index in [0.29, 0.717) is 31.6 Å². The van der Waals surface area contributed by atoms with Gasteiger partial charge in [0, 0.05) is 25.6 Å². The molecule has 0 aromatic rings. The van der Waals surface area contributed by atoms with E-state index in [2.05, 4.69) is 23.3 Å². The summed E-state index contributed by atoms with van der Waals surface area (Å²) >= 11 is 4.01. The normalized spacial score (nSPS) is 20.2. The van der Waals surface area contributed by atoms with E-state index in [1.807, 2.05) is 13.8 Å². The second-order valence-corrected chi connectivity index (χ2v) is 7.56. The van der Waals surface area contributed by atoms with Gasteiger partial charge in [-0.25, -0.2) is 0 Å². The molecule has 0 saturated carbocycles. The van der Waals surface area contributed by atoms with Gasteiger partial charge in [-0.05, 0) is 51.7 Å². The lowest BCUT2D eigenvalue weighted by Gasteiger charge is -2.37. The van der Waals surface area contributed by atoms with Crippen LogP contribution in [0.5, 0.6) is 0 Å². The lowest BCUT2D eigenvalue weighted by atomic mass is 10.0. The van der Waals surface area contributed by atoms with Crippen LogP contribution in [-0.4, -0.2) is 59.6 Å². The zero-order chi connectivity index (χ0) is 19.0. The van der Waals surface area contributed by atoms with Crippen molar-refractivity contribution in [2.24, 2.45) is 5.73 Å². The first-order valence-electron chi connectivity index (χ1n) is 8.92. The van der Waals surface area contributed by atoms with Gasteiger partial charge in [0.25, 0.3) is 0 Å². The molecule has 1 aliphatic rings. The molecule has 25 heavy (non-hydrogen) atoms. The van der Waals surface area contributed by atoms with Crippen LogP contribution in [0.1, 0.15) is 52.4 Å². The van der Waals surface area contributed by atoms with Crippen molar-refractivity contribution >= 4 is 30.4 Å². The highest BCUT2D eigenvalue weighted by molar-refractivity contribution is 7.80. The zero-order valence-corrected chi connectivity index (χ0v) is 16.4. The van der Waals surface area contributed by atoms with Gasteiger partial charge in [0.05, 0.1) is 6.04 Å². The van der Waals surface area contributed by atoms with Gasteiger partial charge < -0.3 is 21.3 Å². The van der Waals surface area contributed by atoms with Crippen molar-refractivity contribution in [1.82, 2.24) is 15.5 Å². The van der Waals surface area contributed by atoms with Crippen molar-refractivity contribution in [1.29, 1.82) is 0 Å². The summed E-state index contributed by atoms with van der Waals surface area (Å²) in [5.41, 5.74) is 5.72. The summed E-state index contributed by atoms with van der Waals surface area (Å²) in [5, 5.41) is 5.44. The SMILES string of the molecule is CNC(=O)[C@@H]1CCC(C)(C)N1C(=O)[C@@H](N)CCCCNC(=O)CCS. The summed E-state index contributed by atoms with van der Waals surface area (Å²) in [7, 11) is 1.58. The highest BCUT2D eigenvalue weighted by atomic mass is 32.1. The van der Waals surface area contributed by atoms with E-state index >= 15 is 0 Å². The van der Waals surface area contributed by atoms with Gasteiger partial charge in [0.2, 0.25) is 17.7 Å². The first-order valence-corrected chi connectivity index (χ1v) is 9.55.